The summed E-state index contributed by atoms with van der Waals surface area (Å²) in [6.07, 6.45) is 9.94. The molecule has 3 nitrogen and oxygen atoms in total. The zero-order valence-corrected chi connectivity index (χ0v) is 15.1. The molecular weight excluding hydrogens is 300 g/mol. The molecule has 4 aliphatic rings. The Morgan fingerprint density at radius 3 is 2.67 bits per heavy atom. The minimum atomic E-state index is -0.346. The van der Waals surface area contributed by atoms with Crippen LogP contribution in [0.1, 0.15) is 65.2 Å². The molecular formula is C21H28O3. The molecule has 4 aliphatic carbocycles. The van der Waals surface area contributed by atoms with Crippen molar-refractivity contribution in [1.29, 1.82) is 0 Å². The Kier molecular flexibility index (Phi) is 3.56. The van der Waals surface area contributed by atoms with Crippen LogP contribution < -0.4 is 0 Å². The van der Waals surface area contributed by atoms with Gasteiger partial charge in [0.15, 0.2) is 5.78 Å². The molecule has 4 atom stereocenters. The van der Waals surface area contributed by atoms with E-state index in [9.17, 15) is 9.59 Å². The van der Waals surface area contributed by atoms with Crippen molar-refractivity contribution in [1.82, 2.24) is 0 Å². The summed E-state index contributed by atoms with van der Waals surface area (Å²) in [5, 5.41) is 0. The highest BCUT2D eigenvalue weighted by atomic mass is 16.5. The molecule has 0 N–H and O–H groups in total. The van der Waals surface area contributed by atoms with Crippen LogP contribution in [0.15, 0.2) is 22.8 Å². The van der Waals surface area contributed by atoms with Gasteiger partial charge < -0.3 is 4.74 Å². The predicted molar refractivity (Wildman–Crippen MR) is 92.3 cm³/mol. The van der Waals surface area contributed by atoms with Crippen LogP contribution in [-0.4, -0.2) is 18.9 Å². The van der Waals surface area contributed by atoms with Gasteiger partial charge in [-0.2, -0.15) is 0 Å². The number of rotatable bonds is 1. The fourth-order valence-electron chi connectivity index (χ4n) is 6.36. The van der Waals surface area contributed by atoms with Gasteiger partial charge in [-0.15, -0.1) is 0 Å². The zero-order valence-electron chi connectivity index (χ0n) is 15.1. The van der Waals surface area contributed by atoms with Gasteiger partial charge in [-0.1, -0.05) is 12.5 Å². The average molecular weight is 328 g/mol. The standard InChI is InChI=1S/C21H28O3/c1-20-10-8-16-15-7-5-14(22)12-13(15)4-6-17(16)18(20)9-11-21(20,2)19(23)24-3/h12,17-18H,4-11H2,1-3H3/t17?,18?,20?,21-/m1/s1. The number of allylic oxidation sites excluding steroid dienone is 4. The fourth-order valence-corrected chi connectivity index (χ4v) is 6.36. The first-order valence-electron chi connectivity index (χ1n) is 9.45. The summed E-state index contributed by atoms with van der Waals surface area (Å²) in [5.41, 5.74) is 4.13. The van der Waals surface area contributed by atoms with Gasteiger partial charge in [0.05, 0.1) is 12.5 Å². The van der Waals surface area contributed by atoms with E-state index in [0.29, 0.717) is 24.0 Å². The zero-order chi connectivity index (χ0) is 17.1. The molecule has 0 aliphatic heterocycles. The Morgan fingerprint density at radius 2 is 1.92 bits per heavy atom. The van der Waals surface area contributed by atoms with Crippen LogP contribution in [0.3, 0.4) is 0 Å². The van der Waals surface area contributed by atoms with E-state index in [4.69, 9.17) is 4.74 Å². The molecule has 0 heterocycles. The first-order chi connectivity index (χ1) is 11.4. The van der Waals surface area contributed by atoms with Gasteiger partial charge in [0.25, 0.3) is 0 Å². The summed E-state index contributed by atoms with van der Waals surface area (Å²) in [4.78, 5) is 24.3. The molecule has 0 radical (unpaired) electrons. The lowest BCUT2D eigenvalue weighted by atomic mass is 9.52. The van der Waals surface area contributed by atoms with Crippen molar-refractivity contribution < 1.29 is 14.3 Å². The molecule has 0 aromatic carbocycles. The molecule has 0 aromatic heterocycles. The molecule has 2 saturated carbocycles. The summed E-state index contributed by atoms with van der Waals surface area (Å²) in [7, 11) is 1.53. The molecule has 4 rings (SSSR count). The molecule has 3 unspecified atom stereocenters. The molecule has 0 spiro atoms. The van der Waals surface area contributed by atoms with Gasteiger partial charge in [-0.25, -0.2) is 0 Å². The number of ketones is 1. The van der Waals surface area contributed by atoms with Crippen LogP contribution in [0.25, 0.3) is 0 Å². The maximum absolute atomic E-state index is 12.5. The lowest BCUT2D eigenvalue weighted by Crippen LogP contribution is -2.48. The number of carbonyl (C=O) groups is 2. The van der Waals surface area contributed by atoms with Crippen LogP contribution >= 0.6 is 0 Å². The Hall–Kier alpha value is -1.38. The van der Waals surface area contributed by atoms with Gasteiger partial charge in [-0.3, -0.25) is 9.59 Å². The van der Waals surface area contributed by atoms with E-state index < -0.39 is 0 Å². The average Bonchev–Trinajstić information content (AvgIpc) is 2.86. The van der Waals surface area contributed by atoms with Crippen molar-refractivity contribution in [3.05, 3.63) is 22.8 Å². The topological polar surface area (TPSA) is 43.4 Å². The molecule has 0 saturated heterocycles. The SMILES string of the molecule is COC(=O)[C@@]1(C)CCC2C3CCC4=CC(=O)CCC4=C3CCC21C. The highest BCUT2D eigenvalue weighted by Gasteiger charge is 2.62. The number of hydrogen-bond donors (Lipinski definition) is 0. The number of ether oxygens (including phenoxy) is 1. The third-order valence-corrected chi connectivity index (χ3v) is 7.97. The summed E-state index contributed by atoms with van der Waals surface area (Å²) >= 11 is 0. The summed E-state index contributed by atoms with van der Waals surface area (Å²) < 4.78 is 5.19. The van der Waals surface area contributed by atoms with Crippen LogP contribution in [0, 0.1) is 22.7 Å². The minimum absolute atomic E-state index is 0.0248. The maximum Gasteiger partial charge on any atom is 0.312 e. The largest absolute Gasteiger partial charge is 0.469 e. The molecule has 2 fully saturated rings. The number of hydrogen-bond acceptors (Lipinski definition) is 3. The van der Waals surface area contributed by atoms with E-state index in [2.05, 4.69) is 13.8 Å². The van der Waals surface area contributed by atoms with Crippen molar-refractivity contribution >= 4 is 11.8 Å². The Morgan fingerprint density at radius 1 is 1.12 bits per heavy atom. The lowest BCUT2D eigenvalue weighted by molar-refractivity contribution is -0.161. The van der Waals surface area contributed by atoms with Gasteiger partial charge in [0.1, 0.15) is 0 Å². The van der Waals surface area contributed by atoms with Crippen LogP contribution in [-0.2, 0) is 14.3 Å². The second-order valence-corrected chi connectivity index (χ2v) is 8.67. The Labute approximate surface area is 144 Å². The monoisotopic (exact) mass is 328 g/mol. The van der Waals surface area contributed by atoms with E-state index >= 15 is 0 Å². The van der Waals surface area contributed by atoms with Crippen molar-refractivity contribution in [2.24, 2.45) is 22.7 Å². The third kappa shape index (κ3) is 1.96. The quantitative estimate of drug-likeness (QED) is 0.671. The van der Waals surface area contributed by atoms with Gasteiger partial charge in [-0.05, 0) is 86.3 Å². The highest BCUT2D eigenvalue weighted by molar-refractivity contribution is 5.93. The number of methoxy groups -OCH3 is 1. The van der Waals surface area contributed by atoms with Crippen molar-refractivity contribution in [3.8, 4) is 0 Å². The lowest BCUT2D eigenvalue weighted by Gasteiger charge is -2.51. The third-order valence-electron chi connectivity index (χ3n) is 7.97. The van der Waals surface area contributed by atoms with Gasteiger partial charge in [0, 0.05) is 6.42 Å². The number of carbonyl (C=O) groups excluding carboxylic acids is 2. The van der Waals surface area contributed by atoms with E-state index in [0.717, 1.165) is 44.9 Å². The first kappa shape index (κ1) is 16.1. The van der Waals surface area contributed by atoms with Crippen molar-refractivity contribution in [3.63, 3.8) is 0 Å². The second kappa shape index (κ2) is 5.31. The van der Waals surface area contributed by atoms with E-state index in [1.54, 1.807) is 5.57 Å². The molecule has 24 heavy (non-hydrogen) atoms. The maximum atomic E-state index is 12.5. The van der Waals surface area contributed by atoms with Gasteiger partial charge in [0.2, 0.25) is 0 Å². The Balaban J connectivity index is 1.72. The predicted octanol–water partition coefficient (Wildman–Crippen LogP) is 4.37. The smallest absolute Gasteiger partial charge is 0.312 e. The summed E-state index contributed by atoms with van der Waals surface area (Å²) in [6, 6.07) is 0. The number of fused-ring (bicyclic) bond motifs is 4. The molecule has 130 valence electrons. The van der Waals surface area contributed by atoms with Crippen LogP contribution in [0.2, 0.25) is 0 Å². The van der Waals surface area contributed by atoms with E-state index in [1.165, 1.54) is 18.3 Å². The molecule has 0 bridgehead atoms. The van der Waals surface area contributed by atoms with Crippen molar-refractivity contribution in [2.45, 2.75) is 65.2 Å². The highest BCUT2D eigenvalue weighted by Crippen LogP contribution is 2.66. The summed E-state index contributed by atoms with van der Waals surface area (Å²) in [6.45, 7) is 4.46. The second-order valence-electron chi connectivity index (χ2n) is 8.67. The molecule has 0 amide bonds. The van der Waals surface area contributed by atoms with E-state index in [1.807, 2.05) is 6.08 Å². The van der Waals surface area contributed by atoms with Crippen LogP contribution in [0.4, 0.5) is 0 Å². The van der Waals surface area contributed by atoms with Crippen LogP contribution in [0.5, 0.6) is 0 Å². The van der Waals surface area contributed by atoms with Crippen molar-refractivity contribution in [2.75, 3.05) is 7.11 Å². The molecule has 3 heteroatoms. The first-order valence-corrected chi connectivity index (χ1v) is 9.45. The number of esters is 1. The normalized spacial score (nSPS) is 41.3. The Bertz CT molecular complexity index is 671. The fraction of sp³-hybridized carbons (Fsp3) is 0.714. The minimum Gasteiger partial charge on any atom is -0.469 e. The van der Waals surface area contributed by atoms with E-state index in [-0.39, 0.29) is 16.8 Å². The van der Waals surface area contributed by atoms with Gasteiger partial charge >= 0.3 is 5.97 Å². The summed E-state index contributed by atoms with van der Waals surface area (Å²) in [5.74, 6) is 1.46. The molecule has 0 aromatic rings.